The Balaban J connectivity index is 1.76. The van der Waals surface area contributed by atoms with Gasteiger partial charge in [-0.25, -0.2) is 4.98 Å². The predicted molar refractivity (Wildman–Crippen MR) is 91.3 cm³/mol. The number of aryl methyl sites for hydroxylation is 1. The zero-order valence-corrected chi connectivity index (χ0v) is 13.7. The van der Waals surface area contributed by atoms with E-state index >= 15 is 0 Å². The summed E-state index contributed by atoms with van der Waals surface area (Å²) in [4.78, 5) is 7.07. The summed E-state index contributed by atoms with van der Waals surface area (Å²) in [6, 6.07) is 7.75. The quantitative estimate of drug-likeness (QED) is 0.299. The van der Waals surface area contributed by atoms with E-state index in [1.54, 1.807) is 6.33 Å². The van der Waals surface area contributed by atoms with Crippen LogP contribution < -0.4 is 4.74 Å². The van der Waals surface area contributed by atoms with Gasteiger partial charge in [0.25, 0.3) is 0 Å². The predicted octanol–water partition coefficient (Wildman–Crippen LogP) is 4.18. The monoisotopic (exact) mass is 315 g/mol. The number of unbranched alkanes of at least 4 members (excludes halogenated alkanes) is 2. The second kappa shape index (κ2) is 9.66. The SMILES string of the molecule is CCCCC/C(=N\O)c1ccc(OCCCc2cnc[nH]2)cc1. The molecule has 0 radical (unpaired) electrons. The third kappa shape index (κ3) is 5.77. The molecule has 0 saturated carbocycles. The van der Waals surface area contributed by atoms with E-state index in [2.05, 4.69) is 22.0 Å². The largest absolute Gasteiger partial charge is 0.494 e. The number of benzene rings is 1. The lowest BCUT2D eigenvalue weighted by Gasteiger charge is -2.08. The molecule has 0 atom stereocenters. The van der Waals surface area contributed by atoms with Gasteiger partial charge in [-0.15, -0.1) is 0 Å². The van der Waals surface area contributed by atoms with Crippen molar-refractivity contribution >= 4 is 5.71 Å². The minimum Gasteiger partial charge on any atom is -0.494 e. The van der Waals surface area contributed by atoms with Crippen LogP contribution in [-0.4, -0.2) is 27.5 Å². The van der Waals surface area contributed by atoms with Gasteiger partial charge in [-0.2, -0.15) is 0 Å². The number of hydrogen-bond donors (Lipinski definition) is 2. The molecule has 0 amide bonds. The minimum absolute atomic E-state index is 0.663. The number of H-pyrrole nitrogens is 1. The number of nitrogens with zero attached hydrogens (tertiary/aromatic N) is 2. The molecule has 1 heterocycles. The highest BCUT2D eigenvalue weighted by molar-refractivity contribution is 6.00. The normalized spacial score (nSPS) is 11.6. The molecule has 23 heavy (non-hydrogen) atoms. The second-order valence-electron chi connectivity index (χ2n) is 5.56. The van der Waals surface area contributed by atoms with E-state index in [-0.39, 0.29) is 0 Å². The zero-order valence-electron chi connectivity index (χ0n) is 13.7. The number of hydrogen-bond acceptors (Lipinski definition) is 4. The summed E-state index contributed by atoms with van der Waals surface area (Å²) in [7, 11) is 0. The number of ether oxygens (including phenoxy) is 1. The number of aromatic amines is 1. The Labute approximate surface area is 137 Å². The van der Waals surface area contributed by atoms with Crippen LogP contribution in [-0.2, 0) is 6.42 Å². The second-order valence-corrected chi connectivity index (χ2v) is 5.56. The molecule has 2 rings (SSSR count). The fourth-order valence-corrected chi connectivity index (χ4v) is 2.41. The van der Waals surface area contributed by atoms with Crippen molar-refractivity contribution in [3.05, 3.63) is 48.0 Å². The van der Waals surface area contributed by atoms with Crippen LogP contribution in [0.2, 0.25) is 0 Å². The lowest BCUT2D eigenvalue weighted by atomic mass is 10.0. The summed E-state index contributed by atoms with van der Waals surface area (Å²) in [6.07, 6.45) is 9.54. The van der Waals surface area contributed by atoms with E-state index in [1.807, 2.05) is 30.5 Å². The first kappa shape index (κ1) is 17.1. The van der Waals surface area contributed by atoms with E-state index in [1.165, 1.54) is 0 Å². The summed E-state index contributed by atoms with van der Waals surface area (Å²) in [6.45, 7) is 2.82. The van der Waals surface area contributed by atoms with Crippen LogP contribution in [0.3, 0.4) is 0 Å². The van der Waals surface area contributed by atoms with Gasteiger partial charge in [0.1, 0.15) is 5.75 Å². The van der Waals surface area contributed by atoms with Crippen molar-refractivity contribution in [2.75, 3.05) is 6.61 Å². The van der Waals surface area contributed by atoms with Gasteiger partial charge in [-0.3, -0.25) is 0 Å². The van der Waals surface area contributed by atoms with Gasteiger partial charge in [0, 0.05) is 11.9 Å². The van der Waals surface area contributed by atoms with Crippen LogP contribution in [0, 0.1) is 0 Å². The average molecular weight is 315 g/mol. The molecule has 0 unspecified atom stereocenters. The maximum Gasteiger partial charge on any atom is 0.119 e. The Morgan fingerprint density at radius 1 is 1.22 bits per heavy atom. The Hall–Kier alpha value is -2.30. The van der Waals surface area contributed by atoms with E-state index in [4.69, 9.17) is 9.94 Å². The first-order valence-electron chi connectivity index (χ1n) is 8.25. The molecular weight excluding hydrogens is 290 g/mol. The van der Waals surface area contributed by atoms with Gasteiger partial charge >= 0.3 is 0 Å². The van der Waals surface area contributed by atoms with Crippen molar-refractivity contribution in [1.29, 1.82) is 0 Å². The summed E-state index contributed by atoms with van der Waals surface area (Å²) >= 11 is 0. The topological polar surface area (TPSA) is 70.5 Å². The molecule has 5 heteroatoms. The van der Waals surface area contributed by atoms with Gasteiger partial charge in [0.15, 0.2) is 0 Å². The fraction of sp³-hybridized carbons (Fsp3) is 0.444. The first-order valence-corrected chi connectivity index (χ1v) is 8.25. The maximum absolute atomic E-state index is 9.16. The van der Waals surface area contributed by atoms with Crippen molar-refractivity contribution in [2.24, 2.45) is 5.16 Å². The zero-order chi connectivity index (χ0) is 16.3. The molecule has 0 fully saturated rings. The van der Waals surface area contributed by atoms with Crippen LogP contribution in [0.15, 0.2) is 41.9 Å². The summed E-state index contributed by atoms with van der Waals surface area (Å²) in [5.41, 5.74) is 2.82. The molecule has 0 saturated heterocycles. The molecule has 0 spiro atoms. The number of nitrogens with one attached hydrogen (secondary N) is 1. The third-order valence-electron chi connectivity index (χ3n) is 3.74. The highest BCUT2D eigenvalue weighted by Crippen LogP contribution is 2.16. The van der Waals surface area contributed by atoms with Crippen molar-refractivity contribution in [1.82, 2.24) is 9.97 Å². The molecule has 0 aliphatic rings. The Morgan fingerprint density at radius 2 is 2.04 bits per heavy atom. The Kier molecular flexibility index (Phi) is 7.17. The van der Waals surface area contributed by atoms with Crippen LogP contribution >= 0.6 is 0 Å². The van der Waals surface area contributed by atoms with Crippen LogP contribution in [0.1, 0.15) is 50.3 Å². The Morgan fingerprint density at radius 3 is 2.70 bits per heavy atom. The molecular formula is C18H25N3O2. The summed E-state index contributed by atoms with van der Waals surface area (Å²) in [5, 5.41) is 12.6. The van der Waals surface area contributed by atoms with E-state index in [0.717, 1.165) is 61.2 Å². The lowest BCUT2D eigenvalue weighted by molar-refractivity contribution is 0.310. The molecule has 2 N–H and O–H groups in total. The van der Waals surface area contributed by atoms with Gasteiger partial charge in [-0.1, -0.05) is 24.9 Å². The number of aromatic nitrogens is 2. The molecule has 124 valence electrons. The first-order chi connectivity index (χ1) is 11.3. The molecule has 5 nitrogen and oxygen atoms in total. The van der Waals surface area contributed by atoms with Gasteiger partial charge in [0.05, 0.1) is 18.6 Å². The number of oxime groups is 1. The van der Waals surface area contributed by atoms with Crippen LogP contribution in [0.4, 0.5) is 0 Å². The molecule has 0 bridgehead atoms. The van der Waals surface area contributed by atoms with E-state index < -0.39 is 0 Å². The van der Waals surface area contributed by atoms with Crippen molar-refractivity contribution in [2.45, 2.75) is 45.4 Å². The van der Waals surface area contributed by atoms with Crippen molar-refractivity contribution < 1.29 is 9.94 Å². The number of rotatable bonds is 10. The standard InChI is InChI=1S/C18H25N3O2/c1-2-3-4-7-18(21-22)15-8-10-17(11-9-15)23-12-5-6-16-13-19-14-20-16/h8-11,13-14,22H,2-7,12H2,1H3,(H,19,20)/b21-18+. The van der Waals surface area contributed by atoms with Crippen LogP contribution in [0.5, 0.6) is 5.75 Å². The lowest BCUT2D eigenvalue weighted by Crippen LogP contribution is -2.02. The van der Waals surface area contributed by atoms with E-state index in [9.17, 15) is 0 Å². The van der Waals surface area contributed by atoms with E-state index in [0.29, 0.717) is 6.61 Å². The molecule has 0 aliphatic carbocycles. The van der Waals surface area contributed by atoms with Gasteiger partial charge < -0.3 is 14.9 Å². The van der Waals surface area contributed by atoms with Gasteiger partial charge in [0.2, 0.25) is 0 Å². The molecule has 0 aliphatic heterocycles. The van der Waals surface area contributed by atoms with Gasteiger partial charge in [-0.05, 0) is 55.5 Å². The number of imidazole rings is 1. The fourth-order valence-electron chi connectivity index (χ4n) is 2.41. The third-order valence-corrected chi connectivity index (χ3v) is 3.74. The highest BCUT2D eigenvalue weighted by atomic mass is 16.5. The van der Waals surface area contributed by atoms with Crippen molar-refractivity contribution in [3.63, 3.8) is 0 Å². The van der Waals surface area contributed by atoms with Crippen LogP contribution in [0.25, 0.3) is 0 Å². The smallest absolute Gasteiger partial charge is 0.119 e. The average Bonchev–Trinajstić information content (AvgIpc) is 3.10. The highest BCUT2D eigenvalue weighted by Gasteiger charge is 2.05. The van der Waals surface area contributed by atoms with Crippen molar-refractivity contribution in [3.8, 4) is 5.75 Å². The molecule has 1 aromatic carbocycles. The summed E-state index contributed by atoms with van der Waals surface area (Å²) < 4.78 is 5.73. The Bertz CT molecular complexity index is 577. The molecule has 2 aromatic rings. The maximum atomic E-state index is 9.16. The summed E-state index contributed by atoms with van der Waals surface area (Å²) in [5.74, 6) is 0.837. The molecule has 1 aromatic heterocycles. The minimum atomic E-state index is 0.663.